The maximum absolute atomic E-state index is 12.6. The Hall–Kier alpha value is -2.36. The minimum Gasteiger partial charge on any atom is -0.459 e. The fourth-order valence-corrected chi connectivity index (χ4v) is 3.72. The highest BCUT2D eigenvalue weighted by Crippen LogP contribution is 2.29. The number of nitrogens with one attached hydrogen (secondary N) is 1. The fourth-order valence-electron chi connectivity index (χ4n) is 3.72. The molecule has 2 aromatic rings. The number of ether oxygens (including phenoxy) is 2. The number of carbonyl (C=O) groups excluding carboxylic acids is 1. The molecule has 1 aromatic carbocycles. The first-order valence-corrected chi connectivity index (χ1v) is 8.17. The number of esters is 1. The maximum atomic E-state index is 12.6. The summed E-state index contributed by atoms with van der Waals surface area (Å²) in [5.41, 5.74) is 1.85. The first-order valence-electron chi connectivity index (χ1n) is 8.17. The summed E-state index contributed by atoms with van der Waals surface area (Å²) >= 11 is 0. The van der Waals surface area contributed by atoms with E-state index in [-0.39, 0.29) is 12.1 Å². The van der Waals surface area contributed by atoms with Crippen molar-refractivity contribution in [2.45, 2.75) is 31.0 Å². The van der Waals surface area contributed by atoms with Crippen LogP contribution < -0.4 is 0 Å². The van der Waals surface area contributed by atoms with E-state index in [2.05, 4.69) is 23.0 Å². The topological polar surface area (TPSA) is 78.3 Å². The average molecular weight is 325 g/mol. The number of benzene rings is 1. The first kappa shape index (κ1) is 15.2. The zero-order valence-corrected chi connectivity index (χ0v) is 13.5. The van der Waals surface area contributed by atoms with Gasteiger partial charge in [0.15, 0.2) is 0 Å². The van der Waals surface area contributed by atoms with E-state index in [0.717, 1.165) is 23.7 Å². The van der Waals surface area contributed by atoms with Gasteiger partial charge in [-0.1, -0.05) is 0 Å². The van der Waals surface area contributed by atoms with Crippen LogP contribution in [0.15, 0.2) is 24.4 Å². The number of fused-ring (bicyclic) bond motifs is 3. The van der Waals surface area contributed by atoms with Gasteiger partial charge in [-0.25, -0.2) is 4.79 Å². The average Bonchev–Trinajstić information content (AvgIpc) is 2.98. The number of rotatable bonds is 2. The molecule has 4 rings (SSSR count). The number of H-pyrrole nitrogens is 1. The van der Waals surface area contributed by atoms with Crippen LogP contribution in [0.5, 0.6) is 0 Å². The number of morpholine rings is 1. The molecular formula is C18H19N3O3. The molecule has 24 heavy (non-hydrogen) atoms. The highest BCUT2D eigenvalue weighted by atomic mass is 16.5. The molecule has 124 valence electrons. The molecule has 1 aromatic heterocycles. The predicted octanol–water partition coefficient (Wildman–Crippen LogP) is 2.06. The molecule has 2 fully saturated rings. The molecule has 0 spiro atoms. The van der Waals surface area contributed by atoms with Crippen LogP contribution >= 0.6 is 0 Å². The number of carbonyl (C=O) groups is 1. The third-order valence-electron chi connectivity index (χ3n) is 5.15. The monoisotopic (exact) mass is 325 g/mol. The maximum Gasteiger partial charge on any atom is 0.340 e. The van der Waals surface area contributed by atoms with Crippen molar-refractivity contribution in [3.63, 3.8) is 0 Å². The quantitative estimate of drug-likeness (QED) is 0.855. The zero-order valence-electron chi connectivity index (χ0n) is 13.5. The molecule has 2 atom stereocenters. The third kappa shape index (κ3) is 2.56. The molecule has 3 heterocycles. The number of hydrogen-bond acceptors (Lipinski definition) is 5. The second kappa shape index (κ2) is 5.93. The number of nitrogens with zero attached hydrogens (tertiary/aromatic N) is 2. The number of aromatic amines is 1. The molecule has 0 saturated carbocycles. The molecule has 6 heteroatoms. The molecule has 2 saturated heterocycles. The zero-order chi connectivity index (χ0) is 16.7. The second-order valence-corrected chi connectivity index (χ2v) is 6.58. The van der Waals surface area contributed by atoms with Gasteiger partial charge in [0.25, 0.3) is 0 Å². The summed E-state index contributed by atoms with van der Waals surface area (Å²) in [6, 6.07) is 7.98. The molecule has 1 N–H and O–H groups in total. The summed E-state index contributed by atoms with van der Waals surface area (Å²) in [5.74, 6) is -0.329. The number of hydrogen-bond donors (Lipinski definition) is 1. The lowest BCUT2D eigenvalue weighted by molar-refractivity contribution is -0.0970. The van der Waals surface area contributed by atoms with Crippen molar-refractivity contribution in [3.8, 4) is 6.07 Å². The lowest BCUT2D eigenvalue weighted by Crippen LogP contribution is -2.56. The number of piperidine rings is 1. The van der Waals surface area contributed by atoms with E-state index in [9.17, 15) is 4.79 Å². The normalized spacial score (nSPS) is 26.9. The van der Waals surface area contributed by atoms with Gasteiger partial charge in [0.2, 0.25) is 0 Å². The molecule has 2 aliphatic heterocycles. The Morgan fingerprint density at radius 3 is 2.83 bits per heavy atom. The number of likely N-dealkylation sites (N-methyl/N-ethyl adjacent to an activating group) is 1. The number of aromatic nitrogens is 1. The van der Waals surface area contributed by atoms with Crippen LogP contribution in [-0.2, 0) is 9.47 Å². The van der Waals surface area contributed by atoms with Crippen LogP contribution in [0.3, 0.4) is 0 Å². The lowest BCUT2D eigenvalue weighted by Gasteiger charge is -2.46. The highest BCUT2D eigenvalue weighted by Gasteiger charge is 2.38. The molecule has 6 nitrogen and oxygen atoms in total. The van der Waals surface area contributed by atoms with Gasteiger partial charge in [0.1, 0.15) is 6.10 Å². The smallest absolute Gasteiger partial charge is 0.340 e. The Morgan fingerprint density at radius 2 is 2.12 bits per heavy atom. The van der Waals surface area contributed by atoms with Crippen LogP contribution in [0.4, 0.5) is 0 Å². The molecular weight excluding hydrogens is 306 g/mol. The molecule has 2 aliphatic rings. The van der Waals surface area contributed by atoms with Crippen LogP contribution in [-0.4, -0.2) is 54.3 Å². The van der Waals surface area contributed by atoms with E-state index in [1.54, 1.807) is 18.3 Å². The largest absolute Gasteiger partial charge is 0.459 e. The van der Waals surface area contributed by atoms with Crippen molar-refractivity contribution in [1.82, 2.24) is 9.88 Å². The predicted molar refractivity (Wildman–Crippen MR) is 87.6 cm³/mol. The van der Waals surface area contributed by atoms with Gasteiger partial charge in [-0.15, -0.1) is 0 Å². The van der Waals surface area contributed by atoms with Crippen LogP contribution in [0, 0.1) is 11.3 Å². The summed E-state index contributed by atoms with van der Waals surface area (Å²) in [6.07, 6.45) is 3.17. The van der Waals surface area contributed by atoms with Gasteiger partial charge < -0.3 is 14.5 Å². The number of nitriles is 1. The summed E-state index contributed by atoms with van der Waals surface area (Å²) in [7, 11) is 2.11. The van der Waals surface area contributed by atoms with Crippen molar-refractivity contribution in [2.24, 2.45) is 0 Å². The van der Waals surface area contributed by atoms with Crippen LogP contribution in [0.25, 0.3) is 10.9 Å². The van der Waals surface area contributed by atoms with E-state index >= 15 is 0 Å². The van der Waals surface area contributed by atoms with Gasteiger partial charge in [0, 0.05) is 42.0 Å². The molecule has 2 bridgehead atoms. The van der Waals surface area contributed by atoms with Crippen molar-refractivity contribution in [3.05, 3.63) is 35.5 Å². The van der Waals surface area contributed by atoms with E-state index < -0.39 is 0 Å². The minimum atomic E-state index is -0.329. The summed E-state index contributed by atoms with van der Waals surface area (Å²) in [5, 5.41) is 9.78. The first-order chi connectivity index (χ1) is 11.7. The van der Waals surface area contributed by atoms with Crippen molar-refractivity contribution in [2.75, 3.05) is 20.3 Å². The van der Waals surface area contributed by atoms with Gasteiger partial charge in [-0.2, -0.15) is 5.26 Å². The van der Waals surface area contributed by atoms with Crippen molar-refractivity contribution < 1.29 is 14.3 Å². The SMILES string of the molecule is CN1C2COCC1CC(OC(=O)c1c[nH]c3ccc(C#N)cc13)C2. The van der Waals surface area contributed by atoms with Crippen molar-refractivity contribution in [1.29, 1.82) is 5.26 Å². The summed E-state index contributed by atoms with van der Waals surface area (Å²) < 4.78 is 11.4. The Balaban J connectivity index is 1.54. The van der Waals surface area contributed by atoms with Gasteiger partial charge in [0.05, 0.1) is 30.4 Å². The Labute approximate surface area is 140 Å². The molecule has 0 aliphatic carbocycles. The highest BCUT2D eigenvalue weighted by molar-refractivity contribution is 6.04. The van der Waals surface area contributed by atoms with Gasteiger partial charge in [-0.05, 0) is 25.2 Å². The van der Waals surface area contributed by atoms with Crippen molar-refractivity contribution >= 4 is 16.9 Å². The second-order valence-electron chi connectivity index (χ2n) is 6.58. The third-order valence-corrected chi connectivity index (χ3v) is 5.15. The Kier molecular flexibility index (Phi) is 3.75. The van der Waals surface area contributed by atoms with E-state index in [0.29, 0.717) is 36.4 Å². The van der Waals surface area contributed by atoms with Gasteiger partial charge in [-0.3, -0.25) is 4.90 Å². The van der Waals surface area contributed by atoms with Crippen LogP contribution in [0.1, 0.15) is 28.8 Å². The molecule has 2 unspecified atom stereocenters. The van der Waals surface area contributed by atoms with Crippen LogP contribution in [0.2, 0.25) is 0 Å². The fraction of sp³-hybridized carbons (Fsp3) is 0.444. The Morgan fingerprint density at radius 1 is 1.38 bits per heavy atom. The van der Waals surface area contributed by atoms with E-state index in [4.69, 9.17) is 14.7 Å². The standard InChI is InChI=1S/C18H19N3O3/c1-21-12-5-14(6-13(21)10-23-9-12)24-18(22)16-8-20-17-3-2-11(7-19)4-15(16)17/h2-4,8,12-14,20H,5-6,9-10H2,1H3. The lowest BCUT2D eigenvalue weighted by atomic mass is 9.92. The Bertz CT molecular complexity index is 809. The minimum absolute atomic E-state index is 0.0864. The molecule has 0 amide bonds. The van der Waals surface area contributed by atoms with E-state index in [1.165, 1.54) is 0 Å². The van der Waals surface area contributed by atoms with E-state index in [1.807, 2.05) is 6.07 Å². The molecule has 0 radical (unpaired) electrons. The summed E-state index contributed by atoms with van der Waals surface area (Å²) in [4.78, 5) is 18.0. The summed E-state index contributed by atoms with van der Waals surface area (Å²) in [6.45, 7) is 1.39. The van der Waals surface area contributed by atoms with Gasteiger partial charge >= 0.3 is 5.97 Å².